The quantitative estimate of drug-likeness (QED) is 0.140. The second-order valence-corrected chi connectivity index (χ2v) is 8.67. The molecule has 3 N–H and O–H groups in total. The Hall–Kier alpha value is -2.45. The molecule has 0 bridgehead atoms. The zero-order valence-electron chi connectivity index (χ0n) is 20.3. The van der Waals surface area contributed by atoms with Crippen molar-refractivity contribution in [2.24, 2.45) is 11.8 Å². The van der Waals surface area contributed by atoms with Crippen LogP contribution in [-0.4, -0.2) is 45.2 Å². The molecule has 0 saturated heterocycles. The van der Waals surface area contributed by atoms with E-state index >= 15 is 0 Å². The lowest BCUT2D eigenvalue weighted by molar-refractivity contribution is -0.162. The van der Waals surface area contributed by atoms with E-state index in [1.165, 1.54) is 51.4 Å². The van der Waals surface area contributed by atoms with Crippen LogP contribution >= 0.6 is 0 Å². The van der Waals surface area contributed by atoms with Gasteiger partial charge in [0.25, 0.3) is 0 Å². The third-order valence-corrected chi connectivity index (χ3v) is 4.90. The van der Waals surface area contributed by atoms with E-state index in [1.807, 2.05) is 0 Å². The standard InChI is InChI=1S/C16H32O2.C8H10O7/c1-14(2)12-10-8-6-4-5-7-9-11-13-15(3)16(17)18;9-5(10)1-3-7(13)15-8(14)4-2-6(11)12/h14-15H,4-13H2,1-3H3,(H,17,18);1-4H2,(H,9,10)(H,11,12). The number of carbonyl (C=O) groups excluding carboxylic acids is 2. The van der Waals surface area contributed by atoms with Crippen LogP contribution in [0.5, 0.6) is 0 Å². The molecule has 1 unspecified atom stereocenters. The van der Waals surface area contributed by atoms with E-state index in [-0.39, 0.29) is 5.92 Å². The van der Waals surface area contributed by atoms with Crippen LogP contribution in [0.25, 0.3) is 0 Å². The van der Waals surface area contributed by atoms with Gasteiger partial charge in [-0.1, -0.05) is 78.6 Å². The van der Waals surface area contributed by atoms with Crippen LogP contribution in [0.4, 0.5) is 0 Å². The first-order chi connectivity index (χ1) is 15.5. The fraction of sp³-hybridized carbons (Fsp3) is 0.792. The number of hydrogen-bond donors (Lipinski definition) is 3. The number of aliphatic carboxylic acids is 3. The van der Waals surface area contributed by atoms with Gasteiger partial charge < -0.3 is 20.1 Å². The number of rotatable bonds is 18. The molecule has 33 heavy (non-hydrogen) atoms. The molecular formula is C24H42O9. The Morgan fingerprint density at radius 3 is 1.27 bits per heavy atom. The summed E-state index contributed by atoms with van der Waals surface area (Å²) < 4.78 is 4.15. The molecule has 1 atom stereocenters. The van der Waals surface area contributed by atoms with Gasteiger partial charge in [-0.25, -0.2) is 0 Å². The maximum absolute atomic E-state index is 10.7. The number of carboxylic acid groups (broad SMARTS) is 3. The normalized spacial score (nSPS) is 11.3. The van der Waals surface area contributed by atoms with Crippen LogP contribution in [0.3, 0.4) is 0 Å². The van der Waals surface area contributed by atoms with Crippen molar-refractivity contribution in [3.8, 4) is 0 Å². The van der Waals surface area contributed by atoms with Crippen molar-refractivity contribution in [1.29, 1.82) is 0 Å². The lowest BCUT2D eigenvalue weighted by Crippen LogP contribution is -2.14. The summed E-state index contributed by atoms with van der Waals surface area (Å²) in [5.41, 5.74) is 0. The van der Waals surface area contributed by atoms with Crippen LogP contribution in [0, 0.1) is 11.8 Å². The lowest BCUT2D eigenvalue weighted by atomic mass is 10.0. The van der Waals surface area contributed by atoms with E-state index in [0.717, 1.165) is 18.8 Å². The predicted molar refractivity (Wildman–Crippen MR) is 123 cm³/mol. The molecule has 9 heteroatoms. The van der Waals surface area contributed by atoms with Crippen LogP contribution in [0.2, 0.25) is 0 Å². The summed E-state index contributed by atoms with van der Waals surface area (Å²) in [5.74, 6) is -4.25. The largest absolute Gasteiger partial charge is 0.481 e. The first-order valence-corrected chi connectivity index (χ1v) is 11.9. The first-order valence-electron chi connectivity index (χ1n) is 11.9. The molecule has 0 rings (SSSR count). The van der Waals surface area contributed by atoms with E-state index in [1.54, 1.807) is 6.92 Å². The summed E-state index contributed by atoms with van der Waals surface area (Å²) in [4.78, 5) is 52.2. The van der Waals surface area contributed by atoms with Gasteiger partial charge in [0.05, 0.1) is 31.6 Å². The second kappa shape index (κ2) is 21.4. The Morgan fingerprint density at radius 1 is 0.576 bits per heavy atom. The number of esters is 2. The van der Waals surface area contributed by atoms with Gasteiger partial charge in [-0.05, 0) is 12.3 Å². The molecule has 0 amide bonds. The summed E-state index contributed by atoms with van der Waals surface area (Å²) in [6.07, 6.45) is 10.9. The SMILES string of the molecule is CC(C)CCCCCCCCCCC(C)C(=O)O.O=C(O)CCC(=O)OC(=O)CCC(=O)O. The predicted octanol–water partition coefficient (Wildman–Crippen LogP) is 5.05. The van der Waals surface area contributed by atoms with Crippen LogP contribution in [0.1, 0.15) is 111 Å². The maximum atomic E-state index is 10.7. The number of carboxylic acids is 3. The second-order valence-electron chi connectivity index (χ2n) is 8.67. The molecule has 0 aliphatic heterocycles. The average molecular weight is 475 g/mol. The fourth-order valence-electron chi connectivity index (χ4n) is 2.83. The fourth-order valence-corrected chi connectivity index (χ4v) is 2.83. The number of ether oxygens (including phenoxy) is 1. The monoisotopic (exact) mass is 474 g/mol. The molecule has 0 aromatic heterocycles. The van der Waals surface area contributed by atoms with Gasteiger partial charge in [-0.3, -0.25) is 24.0 Å². The summed E-state index contributed by atoms with van der Waals surface area (Å²) in [6.45, 7) is 6.38. The van der Waals surface area contributed by atoms with Gasteiger partial charge in [0.15, 0.2) is 0 Å². The average Bonchev–Trinajstić information content (AvgIpc) is 2.72. The number of hydrogen-bond acceptors (Lipinski definition) is 6. The molecule has 0 saturated carbocycles. The molecular weight excluding hydrogens is 432 g/mol. The zero-order valence-corrected chi connectivity index (χ0v) is 20.3. The van der Waals surface area contributed by atoms with Crippen LogP contribution < -0.4 is 0 Å². The molecule has 9 nitrogen and oxygen atoms in total. The Labute approximate surface area is 196 Å². The van der Waals surface area contributed by atoms with Crippen molar-refractivity contribution in [2.75, 3.05) is 0 Å². The van der Waals surface area contributed by atoms with Crippen molar-refractivity contribution >= 4 is 29.8 Å². The lowest BCUT2D eigenvalue weighted by Gasteiger charge is -2.06. The summed E-state index contributed by atoms with van der Waals surface area (Å²) in [7, 11) is 0. The van der Waals surface area contributed by atoms with E-state index in [4.69, 9.17) is 15.3 Å². The summed E-state index contributed by atoms with van der Waals surface area (Å²) in [5, 5.41) is 25.1. The first kappa shape index (κ1) is 32.7. The van der Waals surface area contributed by atoms with E-state index < -0.39 is 55.5 Å². The van der Waals surface area contributed by atoms with Gasteiger partial charge in [-0.15, -0.1) is 0 Å². The Morgan fingerprint density at radius 2 is 0.939 bits per heavy atom. The highest BCUT2D eigenvalue weighted by Crippen LogP contribution is 2.14. The van der Waals surface area contributed by atoms with Gasteiger partial charge in [0, 0.05) is 0 Å². The molecule has 0 aliphatic carbocycles. The minimum absolute atomic E-state index is 0.166. The maximum Gasteiger partial charge on any atom is 0.314 e. The summed E-state index contributed by atoms with van der Waals surface area (Å²) in [6, 6.07) is 0. The number of carbonyl (C=O) groups is 5. The van der Waals surface area contributed by atoms with Gasteiger partial charge >= 0.3 is 29.8 Å². The third kappa shape index (κ3) is 27.5. The third-order valence-electron chi connectivity index (χ3n) is 4.90. The van der Waals surface area contributed by atoms with E-state index in [2.05, 4.69) is 18.6 Å². The van der Waals surface area contributed by atoms with Gasteiger partial charge in [-0.2, -0.15) is 0 Å². The van der Waals surface area contributed by atoms with Crippen molar-refractivity contribution in [2.45, 2.75) is 111 Å². The summed E-state index contributed by atoms with van der Waals surface area (Å²) >= 11 is 0. The number of unbranched alkanes of at least 4 members (excludes halogenated alkanes) is 7. The Balaban J connectivity index is 0. The molecule has 192 valence electrons. The van der Waals surface area contributed by atoms with Gasteiger partial charge in [0.1, 0.15) is 0 Å². The smallest absolute Gasteiger partial charge is 0.314 e. The Bertz CT molecular complexity index is 556. The molecule has 0 aromatic rings. The highest BCUT2D eigenvalue weighted by molar-refractivity contribution is 5.88. The minimum atomic E-state index is -1.18. The topological polar surface area (TPSA) is 155 Å². The molecule has 0 aromatic carbocycles. The molecule has 0 fully saturated rings. The van der Waals surface area contributed by atoms with Gasteiger partial charge in [0.2, 0.25) is 0 Å². The van der Waals surface area contributed by atoms with Crippen molar-refractivity contribution in [1.82, 2.24) is 0 Å². The highest BCUT2D eigenvalue weighted by Gasteiger charge is 2.13. The highest BCUT2D eigenvalue weighted by atomic mass is 16.6. The van der Waals surface area contributed by atoms with Crippen molar-refractivity contribution in [3.05, 3.63) is 0 Å². The van der Waals surface area contributed by atoms with E-state index in [0.29, 0.717) is 0 Å². The van der Waals surface area contributed by atoms with Crippen molar-refractivity contribution < 1.29 is 44.0 Å². The molecule has 0 spiro atoms. The van der Waals surface area contributed by atoms with Crippen molar-refractivity contribution in [3.63, 3.8) is 0 Å². The minimum Gasteiger partial charge on any atom is -0.481 e. The van der Waals surface area contributed by atoms with Crippen LogP contribution in [-0.2, 0) is 28.7 Å². The van der Waals surface area contributed by atoms with Crippen LogP contribution in [0.15, 0.2) is 0 Å². The molecule has 0 heterocycles. The molecule has 0 radical (unpaired) electrons. The Kier molecular flexibility index (Phi) is 21.2. The zero-order chi connectivity index (χ0) is 25.6. The van der Waals surface area contributed by atoms with E-state index in [9.17, 15) is 24.0 Å². The molecule has 0 aliphatic rings.